The van der Waals surface area contributed by atoms with Gasteiger partial charge in [0.2, 0.25) is 0 Å². The van der Waals surface area contributed by atoms with Gasteiger partial charge in [0.05, 0.1) is 0 Å². The Hall–Kier alpha value is -2.08. The van der Waals surface area contributed by atoms with E-state index in [9.17, 15) is 9.59 Å². The van der Waals surface area contributed by atoms with Gasteiger partial charge in [0.15, 0.2) is 0 Å². The smallest absolute Gasteiger partial charge is 0.319 e. The minimum atomic E-state index is -0.117. The van der Waals surface area contributed by atoms with Crippen LogP contribution in [0.1, 0.15) is 48.9 Å². The van der Waals surface area contributed by atoms with Crippen LogP contribution in [0.15, 0.2) is 24.3 Å². The molecule has 4 fully saturated rings. The Morgan fingerprint density at radius 3 is 2.00 bits per heavy atom. The molecule has 4 saturated carbocycles. The lowest BCUT2D eigenvalue weighted by atomic mass is 9.53. The van der Waals surface area contributed by atoms with E-state index in [4.69, 9.17) is 0 Å². The number of hydrogen-bond acceptors (Lipinski definition) is 3. The summed E-state index contributed by atoms with van der Waals surface area (Å²) in [6, 6.07) is 7.08. The van der Waals surface area contributed by atoms with Crippen molar-refractivity contribution in [1.82, 2.24) is 15.1 Å². The summed E-state index contributed by atoms with van der Waals surface area (Å²) in [7, 11) is 5.80. The average Bonchev–Trinajstić information content (AvgIpc) is 2.64. The first-order chi connectivity index (χ1) is 13.8. The Labute approximate surface area is 174 Å². The molecule has 4 aliphatic rings. The van der Waals surface area contributed by atoms with Crippen LogP contribution in [0.2, 0.25) is 0 Å². The second-order valence-electron chi connectivity index (χ2n) is 9.88. The number of nitrogens with one attached hydrogen (secondary N) is 2. The first-order valence-electron chi connectivity index (χ1n) is 10.9. The van der Waals surface area contributed by atoms with Gasteiger partial charge in [-0.25, -0.2) is 4.79 Å². The van der Waals surface area contributed by atoms with Gasteiger partial charge in [0.1, 0.15) is 0 Å². The predicted octanol–water partition coefficient (Wildman–Crippen LogP) is 3.41. The van der Waals surface area contributed by atoms with Crippen molar-refractivity contribution in [3.63, 3.8) is 0 Å². The summed E-state index contributed by atoms with van der Waals surface area (Å²) in [6.45, 7) is 1.51. The largest absolute Gasteiger partial charge is 0.340 e. The van der Waals surface area contributed by atoms with Gasteiger partial charge in [-0.05, 0) is 94.6 Å². The maximum atomic E-state index is 12.7. The second-order valence-corrected chi connectivity index (χ2v) is 9.88. The fourth-order valence-corrected chi connectivity index (χ4v) is 6.03. The summed E-state index contributed by atoms with van der Waals surface area (Å²) in [4.78, 5) is 29.0. The van der Waals surface area contributed by atoms with Crippen molar-refractivity contribution in [2.45, 2.75) is 44.1 Å². The Morgan fingerprint density at radius 2 is 1.48 bits per heavy atom. The third-order valence-corrected chi connectivity index (χ3v) is 7.04. The summed E-state index contributed by atoms with van der Waals surface area (Å²) in [5.41, 5.74) is 1.36. The van der Waals surface area contributed by atoms with Gasteiger partial charge in [-0.3, -0.25) is 4.79 Å². The first-order valence-corrected chi connectivity index (χ1v) is 10.9. The summed E-state index contributed by atoms with van der Waals surface area (Å²) in [5, 5.41) is 6.30. The number of hydrogen-bond donors (Lipinski definition) is 2. The van der Waals surface area contributed by atoms with E-state index in [0.717, 1.165) is 49.2 Å². The fourth-order valence-electron chi connectivity index (χ4n) is 6.03. The highest BCUT2D eigenvalue weighted by atomic mass is 16.2. The Kier molecular flexibility index (Phi) is 5.56. The standard InChI is InChI=1S/C23H34N4O2/c1-26(2)8-9-27(3)21(28)19-4-6-20(7-5-19)24-22(29)25-23-13-16-10-17(14-23)12-18(11-16)15-23/h4-7,16-18H,8-15H2,1-3H3,(H2,24,25,29). The molecule has 0 spiro atoms. The number of likely N-dealkylation sites (N-methyl/N-ethyl adjacent to an activating group) is 2. The van der Waals surface area contributed by atoms with Gasteiger partial charge in [-0.1, -0.05) is 0 Å². The van der Waals surface area contributed by atoms with E-state index in [1.807, 2.05) is 33.3 Å². The molecule has 158 valence electrons. The van der Waals surface area contributed by atoms with Crippen LogP contribution >= 0.6 is 0 Å². The summed E-state index contributed by atoms with van der Waals surface area (Å²) < 4.78 is 0. The lowest BCUT2D eigenvalue weighted by Crippen LogP contribution is -2.60. The summed E-state index contributed by atoms with van der Waals surface area (Å²) >= 11 is 0. The monoisotopic (exact) mass is 398 g/mol. The zero-order valence-electron chi connectivity index (χ0n) is 17.9. The highest BCUT2D eigenvalue weighted by Gasteiger charge is 2.51. The minimum absolute atomic E-state index is 0.00332. The molecule has 5 rings (SSSR count). The van der Waals surface area contributed by atoms with E-state index in [-0.39, 0.29) is 17.5 Å². The molecule has 0 saturated heterocycles. The van der Waals surface area contributed by atoms with Crippen LogP contribution in [0.5, 0.6) is 0 Å². The van der Waals surface area contributed by atoms with Crippen molar-refractivity contribution in [3.8, 4) is 0 Å². The van der Waals surface area contributed by atoms with Crippen LogP contribution in [0.3, 0.4) is 0 Å². The predicted molar refractivity (Wildman–Crippen MR) is 115 cm³/mol. The Bertz CT molecular complexity index is 723. The molecule has 0 radical (unpaired) electrons. The molecular weight excluding hydrogens is 364 g/mol. The van der Waals surface area contributed by atoms with Crippen molar-refractivity contribution >= 4 is 17.6 Å². The lowest BCUT2D eigenvalue weighted by Gasteiger charge is -2.56. The molecule has 6 heteroatoms. The molecule has 3 amide bonds. The molecule has 1 aromatic rings. The molecule has 0 aromatic heterocycles. The van der Waals surface area contributed by atoms with Gasteiger partial charge in [0, 0.05) is 36.9 Å². The van der Waals surface area contributed by atoms with Crippen molar-refractivity contribution < 1.29 is 9.59 Å². The molecule has 0 unspecified atom stereocenters. The zero-order valence-corrected chi connectivity index (χ0v) is 17.9. The highest BCUT2D eigenvalue weighted by Crippen LogP contribution is 2.55. The molecule has 0 aliphatic heterocycles. The first kappa shape index (κ1) is 20.2. The normalized spacial score (nSPS) is 29.7. The maximum absolute atomic E-state index is 12.7. The van der Waals surface area contributed by atoms with Gasteiger partial charge in [-0.2, -0.15) is 0 Å². The van der Waals surface area contributed by atoms with Gasteiger partial charge < -0.3 is 20.4 Å². The fraction of sp³-hybridized carbons (Fsp3) is 0.652. The number of urea groups is 1. The van der Waals surface area contributed by atoms with Crippen LogP contribution in [0.25, 0.3) is 0 Å². The number of carbonyl (C=O) groups is 2. The van der Waals surface area contributed by atoms with Crippen LogP contribution in [0.4, 0.5) is 10.5 Å². The van der Waals surface area contributed by atoms with Crippen molar-refractivity contribution in [2.24, 2.45) is 17.8 Å². The quantitative estimate of drug-likeness (QED) is 0.772. The molecule has 6 nitrogen and oxygen atoms in total. The van der Waals surface area contributed by atoms with Crippen molar-refractivity contribution in [3.05, 3.63) is 29.8 Å². The van der Waals surface area contributed by atoms with E-state index in [0.29, 0.717) is 12.1 Å². The molecule has 0 heterocycles. The molecule has 4 aliphatic carbocycles. The summed E-state index contributed by atoms with van der Waals surface area (Å²) in [6.07, 6.45) is 7.50. The molecule has 1 aromatic carbocycles. The van der Waals surface area contributed by atoms with E-state index in [2.05, 4.69) is 15.5 Å². The SMILES string of the molecule is CN(C)CCN(C)C(=O)c1ccc(NC(=O)NC23CC4CC(CC(C4)C2)C3)cc1. The van der Waals surface area contributed by atoms with Crippen LogP contribution in [0, 0.1) is 17.8 Å². The van der Waals surface area contributed by atoms with Crippen molar-refractivity contribution in [1.29, 1.82) is 0 Å². The molecular formula is C23H34N4O2. The summed E-state index contributed by atoms with van der Waals surface area (Å²) in [5.74, 6) is 2.40. The number of benzene rings is 1. The number of rotatable bonds is 6. The Balaban J connectivity index is 1.32. The molecule has 2 N–H and O–H groups in total. The van der Waals surface area contributed by atoms with Gasteiger partial charge in [-0.15, -0.1) is 0 Å². The van der Waals surface area contributed by atoms with Gasteiger partial charge >= 0.3 is 6.03 Å². The van der Waals surface area contributed by atoms with E-state index in [1.54, 1.807) is 17.0 Å². The average molecular weight is 399 g/mol. The topological polar surface area (TPSA) is 64.7 Å². The van der Waals surface area contributed by atoms with E-state index >= 15 is 0 Å². The number of amides is 3. The minimum Gasteiger partial charge on any atom is -0.340 e. The third kappa shape index (κ3) is 4.58. The van der Waals surface area contributed by atoms with Crippen LogP contribution in [-0.2, 0) is 0 Å². The van der Waals surface area contributed by atoms with Crippen molar-refractivity contribution in [2.75, 3.05) is 39.5 Å². The third-order valence-electron chi connectivity index (χ3n) is 7.04. The number of anilines is 1. The van der Waals surface area contributed by atoms with Gasteiger partial charge in [0.25, 0.3) is 5.91 Å². The molecule has 0 atom stereocenters. The number of nitrogens with zero attached hydrogens (tertiary/aromatic N) is 2. The van der Waals surface area contributed by atoms with Crippen LogP contribution < -0.4 is 10.6 Å². The highest BCUT2D eigenvalue weighted by molar-refractivity contribution is 5.95. The van der Waals surface area contributed by atoms with E-state index in [1.165, 1.54) is 19.3 Å². The second kappa shape index (κ2) is 7.98. The molecule has 29 heavy (non-hydrogen) atoms. The molecule has 4 bridgehead atoms. The van der Waals surface area contributed by atoms with Crippen LogP contribution in [-0.4, -0.2) is 61.5 Å². The number of carbonyl (C=O) groups excluding carboxylic acids is 2. The lowest BCUT2D eigenvalue weighted by molar-refractivity contribution is -0.0127. The Morgan fingerprint density at radius 1 is 0.931 bits per heavy atom. The van der Waals surface area contributed by atoms with E-state index < -0.39 is 0 Å². The maximum Gasteiger partial charge on any atom is 0.319 e. The zero-order chi connectivity index (χ0) is 20.6.